The molecule has 5 heteroatoms. The predicted octanol–water partition coefficient (Wildman–Crippen LogP) is 5.95. The minimum atomic E-state index is -0.160. The summed E-state index contributed by atoms with van der Waals surface area (Å²) in [5.74, 6) is 0.638. The molecule has 2 aliphatic rings. The molecule has 2 fully saturated rings. The molecule has 0 aromatic heterocycles. The number of likely N-dealkylation sites (tertiary alicyclic amines) is 1. The molecule has 2 saturated heterocycles. The lowest BCUT2D eigenvalue weighted by atomic mass is 9.97. The molecule has 0 spiro atoms. The number of hydrogen-bond acceptors (Lipinski definition) is 3. The van der Waals surface area contributed by atoms with E-state index in [0.29, 0.717) is 16.8 Å². The Balaban J connectivity index is 1.45. The van der Waals surface area contributed by atoms with Crippen molar-refractivity contribution in [3.63, 3.8) is 0 Å². The lowest BCUT2D eigenvalue weighted by Gasteiger charge is -2.35. The lowest BCUT2D eigenvalue weighted by molar-refractivity contribution is 0.0724. The first-order chi connectivity index (χ1) is 16.6. The summed E-state index contributed by atoms with van der Waals surface area (Å²) >= 11 is 0. The molecular weight excluding hydrogens is 422 g/mol. The maximum Gasteiger partial charge on any atom is 0.256 e. The second kappa shape index (κ2) is 9.88. The third kappa shape index (κ3) is 4.65. The van der Waals surface area contributed by atoms with Crippen LogP contribution in [0, 0.1) is 5.92 Å². The Kier molecular flexibility index (Phi) is 6.52. The molecule has 2 heterocycles. The van der Waals surface area contributed by atoms with E-state index in [2.05, 4.69) is 17.1 Å². The summed E-state index contributed by atoms with van der Waals surface area (Å²) < 4.78 is 0. The Morgan fingerprint density at radius 3 is 2.35 bits per heavy atom. The maximum atomic E-state index is 13.6. The van der Waals surface area contributed by atoms with Crippen molar-refractivity contribution in [2.75, 3.05) is 36.4 Å². The highest BCUT2D eigenvalue weighted by Gasteiger charge is 2.26. The zero-order valence-corrected chi connectivity index (χ0v) is 19.9. The Morgan fingerprint density at radius 2 is 1.56 bits per heavy atom. The smallest absolute Gasteiger partial charge is 0.256 e. The minimum Gasteiger partial charge on any atom is -0.371 e. The number of fused-ring (bicyclic) bond motifs is 1. The molecular formula is C29H33N3O2. The first-order valence-electron chi connectivity index (χ1n) is 12.6. The molecule has 34 heavy (non-hydrogen) atoms. The van der Waals surface area contributed by atoms with Crippen LogP contribution >= 0.6 is 0 Å². The summed E-state index contributed by atoms with van der Waals surface area (Å²) in [6.45, 7) is 5.83. The third-order valence-corrected chi connectivity index (χ3v) is 7.29. The Morgan fingerprint density at radius 1 is 0.824 bits per heavy atom. The van der Waals surface area contributed by atoms with Gasteiger partial charge in [-0.2, -0.15) is 0 Å². The molecule has 3 aromatic carbocycles. The normalized spacial score (nSPS) is 17.1. The van der Waals surface area contributed by atoms with Crippen LogP contribution in [0.25, 0.3) is 10.8 Å². The summed E-state index contributed by atoms with van der Waals surface area (Å²) in [5.41, 5.74) is 2.99. The van der Waals surface area contributed by atoms with Gasteiger partial charge in [0.1, 0.15) is 0 Å². The van der Waals surface area contributed by atoms with Crippen molar-refractivity contribution in [3.05, 3.63) is 71.8 Å². The van der Waals surface area contributed by atoms with Crippen LogP contribution in [0.4, 0.5) is 11.4 Å². The number of nitrogens with one attached hydrogen (secondary N) is 1. The Bertz CT molecular complexity index is 1190. The van der Waals surface area contributed by atoms with Crippen LogP contribution in [0.2, 0.25) is 0 Å². The van der Waals surface area contributed by atoms with Gasteiger partial charge in [0.25, 0.3) is 11.8 Å². The van der Waals surface area contributed by atoms with Crippen molar-refractivity contribution in [2.45, 2.75) is 39.0 Å². The van der Waals surface area contributed by atoms with E-state index in [1.54, 1.807) is 0 Å². The quantitative estimate of drug-likeness (QED) is 0.529. The summed E-state index contributed by atoms with van der Waals surface area (Å²) in [6, 6.07) is 19.5. The van der Waals surface area contributed by atoms with Gasteiger partial charge < -0.3 is 15.1 Å². The fourth-order valence-electron chi connectivity index (χ4n) is 5.20. The SMILES string of the molecule is CC1CCN(c2ccc(NC(=O)c3cccc4ccccc34)cc2C(=O)N2CCCCC2)CC1. The number of hydrogen-bond donors (Lipinski definition) is 1. The third-order valence-electron chi connectivity index (χ3n) is 7.29. The minimum absolute atomic E-state index is 0.0783. The summed E-state index contributed by atoms with van der Waals surface area (Å²) in [6.07, 6.45) is 5.56. The van der Waals surface area contributed by atoms with E-state index in [1.165, 1.54) is 6.42 Å². The van der Waals surface area contributed by atoms with Crippen molar-refractivity contribution >= 4 is 34.0 Å². The van der Waals surface area contributed by atoms with E-state index in [4.69, 9.17) is 0 Å². The lowest BCUT2D eigenvalue weighted by Crippen LogP contribution is -2.38. The highest BCUT2D eigenvalue weighted by molar-refractivity contribution is 6.13. The van der Waals surface area contributed by atoms with Gasteiger partial charge in [-0.25, -0.2) is 0 Å². The van der Waals surface area contributed by atoms with E-state index in [-0.39, 0.29) is 11.8 Å². The number of nitrogens with zero attached hydrogens (tertiary/aromatic N) is 2. The van der Waals surface area contributed by atoms with Crippen LogP contribution in [0.5, 0.6) is 0 Å². The van der Waals surface area contributed by atoms with Gasteiger partial charge in [-0.3, -0.25) is 9.59 Å². The Labute approximate surface area is 201 Å². The second-order valence-corrected chi connectivity index (χ2v) is 9.74. The molecule has 0 saturated carbocycles. The average molecular weight is 456 g/mol. The number of carbonyl (C=O) groups excluding carboxylic acids is 2. The fraction of sp³-hybridized carbons (Fsp3) is 0.379. The van der Waals surface area contributed by atoms with Gasteiger partial charge in [-0.05, 0) is 73.1 Å². The van der Waals surface area contributed by atoms with Crippen LogP contribution in [0.15, 0.2) is 60.7 Å². The zero-order valence-electron chi connectivity index (χ0n) is 19.9. The van der Waals surface area contributed by atoms with E-state index in [9.17, 15) is 9.59 Å². The standard InChI is InChI=1S/C29H33N3O2/c1-21-14-18-31(19-15-21)27-13-12-23(20-26(27)29(34)32-16-5-2-6-17-32)30-28(33)25-11-7-9-22-8-3-4-10-24(22)25/h3-4,7-13,20-21H,2,5-6,14-19H2,1H3,(H,30,33). The monoisotopic (exact) mass is 455 g/mol. The van der Waals surface area contributed by atoms with Gasteiger partial charge in [-0.15, -0.1) is 0 Å². The van der Waals surface area contributed by atoms with Crippen molar-refractivity contribution < 1.29 is 9.59 Å². The topological polar surface area (TPSA) is 52.7 Å². The zero-order chi connectivity index (χ0) is 23.5. The number of piperidine rings is 2. The predicted molar refractivity (Wildman–Crippen MR) is 139 cm³/mol. The van der Waals surface area contributed by atoms with Gasteiger partial charge >= 0.3 is 0 Å². The highest BCUT2D eigenvalue weighted by Crippen LogP contribution is 2.31. The van der Waals surface area contributed by atoms with E-state index in [1.807, 2.05) is 65.6 Å². The van der Waals surface area contributed by atoms with Crippen molar-refractivity contribution in [3.8, 4) is 0 Å². The summed E-state index contributed by atoms with van der Waals surface area (Å²) in [5, 5.41) is 5.01. The summed E-state index contributed by atoms with van der Waals surface area (Å²) in [4.78, 5) is 31.1. The number of anilines is 2. The van der Waals surface area contributed by atoms with E-state index < -0.39 is 0 Å². The average Bonchev–Trinajstić information content (AvgIpc) is 2.89. The molecule has 0 unspecified atom stereocenters. The largest absolute Gasteiger partial charge is 0.371 e. The van der Waals surface area contributed by atoms with Gasteiger partial charge in [0.15, 0.2) is 0 Å². The second-order valence-electron chi connectivity index (χ2n) is 9.74. The first kappa shape index (κ1) is 22.5. The molecule has 0 atom stereocenters. The molecule has 1 N–H and O–H groups in total. The van der Waals surface area contributed by atoms with Crippen molar-refractivity contribution in [1.29, 1.82) is 0 Å². The van der Waals surface area contributed by atoms with Crippen LogP contribution in [0.3, 0.4) is 0 Å². The number of amides is 2. The van der Waals surface area contributed by atoms with Crippen molar-refractivity contribution in [2.24, 2.45) is 5.92 Å². The van der Waals surface area contributed by atoms with Crippen LogP contribution < -0.4 is 10.2 Å². The van der Waals surface area contributed by atoms with E-state index >= 15 is 0 Å². The van der Waals surface area contributed by atoms with Gasteiger partial charge in [0.05, 0.1) is 5.56 Å². The molecule has 0 aliphatic carbocycles. The maximum absolute atomic E-state index is 13.6. The van der Waals surface area contributed by atoms with E-state index in [0.717, 1.165) is 74.2 Å². The van der Waals surface area contributed by atoms with Crippen LogP contribution in [0.1, 0.15) is 59.7 Å². The van der Waals surface area contributed by atoms with Crippen LogP contribution in [-0.4, -0.2) is 42.9 Å². The first-order valence-corrected chi connectivity index (χ1v) is 12.6. The van der Waals surface area contributed by atoms with Crippen molar-refractivity contribution in [1.82, 2.24) is 4.90 Å². The van der Waals surface area contributed by atoms with Gasteiger partial charge in [0, 0.05) is 43.1 Å². The number of carbonyl (C=O) groups is 2. The fourth-order valence-corrected chi connectivity index (χ4v) is 5.20. The molecule has 176 valence electrons. The summed E-state index contributed by atoms with van der Waals surface area (Å²) in [7, 11) is 0. The number of benzene rings is 3. The van der Waals surface area contributed by atoms with Crippen LogP contribution in [-0.2, 0) is 0 Å². The molecule has 3 aromatic rings. The van der Waals surface area contributed by atoms with Gasteiger partial charge in [-0.1, -0.05) is 43.3 Å². The Hall–Kier alpha value is -3.34. The molecule has 2 aliphatic heterocycles. The van der Waals surface area contributed by atoms with Gasteiger partial charge in [0.2, 0.25) is 0 Å². The molecule has 5 rings (SSSR count). The number of rotatable bonds is 4. The highest BCUT2D eigenvalue weighted by atomic mass is 16.2. The molecule has 0 radical (unpaired) electrons. The molecule has 0 bridgehead atoms. The molecule has 5 nitrogen and oxygen atoms in total. The molecule has 2 amide bonds.